The number of nitrogens with zero attached hydrogens (tertiary/aromatic N) is 2. The van der Waals surface area contributed by atoms with Crippen molar-refractivity contribution in [3.05, 3.63) is 59.7 Å². The van der Waals surface area contributed by atoms with Crippen molar-refractivity contribution in [3.63, 3.8) is 0 Å². The van der Waals surface area contributed by atoms with Gasteiger partial charge in [0.15, 0.2) is 0 Å². The summed E-state index contributed by atoms with van der Waals surface area (Å²) in [5.41, 5.74) is 2.63. The van der Waals surface area contributed by atoms with Gasteiger partial charge in [-0.25, -0.2) is 4.79 Å². The zero-order valence-electron chi connectivity index (χ0n) is 19.0. The predicted molar refractivity (Wildman–Crippen MR) is 126 cm³/mol. The summed E-state index contributed by atoms with van der Waals surface area (Å²) < 4.78 is 11.9. The Bertz CT molecular complexity index is 897. The standard InChI is InChI=1S/C26H33N3O3/c1-20(2)14-18-31-24-12-16-29(17-13-24)26(30)28-25-6-4-3-5-22(25)19-32-23-9-7-21(8-10-23)11-15-27/h3-10,20,24H,11-14,16-19H2,1-2H3,(H,28,30). The molecular weight excluding hydrogens is 402 g/mol. The van der Waals surface area contributed by atoms with E-state index < -0.39 is 0 Å². The lowest BCUT2D eigenvalue weighted by molar-refractivity contribution is 0.0112. The minimum absolute atomic E-state index is 0.0843. The zero-order valence-corrected chi connectivity index (χ0v) is 19.0. The molecule has 2 aromatic carbocycles. The number of anilines is 1. The van der Waals surface area contributed by atoms with E-state index in [4.69, 9.17) is 14.7 Å². The smallest absolute Gasteiger partial charge is 0.321 e. The number of rotatable bonds is 9. The number of hydrogen-bond acceptors (Lipinski definition) is 4. The largest absolute Gasteiger partial charge is 0.489 e. The maximum atomic E-state index is 12.8. The molecule has 0 spiro atoms. The van der Waals surface area contributed by atoms with E-state index in [0.29, 0.717) is 32.0 Å². The molecule has 170 valence electrons. The van der Waals surface area contributed by atoms with Crippen molar-refractivity contribution in [1.29, 1.82) is 5.26 Å². The quantitative estimate of drug-likeness (QED) is 0.573. The van der Waals surface area contributed by atoms with Crippen molar-refractivity contribution in [3.8, 4) is 11.8 Å². The molecule has 0 saturated carbocycles. The van der Waals surface area contributed by atoms with Crippen LogP contribution in [0, 0.1) is 17.2 Å². The van der Waals surface area contributed by atoms with E-state index >= 15 is 0 Å². The number of hydrogen-bond donors (Lipinski definition) is 1. The molecule has 1 aliphatic heterocycles. The van der Waals surface area contributed by atoms with Gasteiger partial charge in [0, 0.05) is 30.9 Å². The molecule has 1 N–H and O–H groups in total. The number of benzene rings is 2. The van der Waals surface area contributed by atoms with Crippen molar-refractivity contribution in [2.75, 3.05) is 25.0 Å². The first kappa shape index (κ1) is 23.6. The van der Waals surface area contributed by atoms with E-state index in [2.05, 4.69) is 25.2 Å². The Balaban J connectivity index is 1.49. The molecule has 32 heavy (non-hydrogen) atoms. The van der Waals surface area contributed by atoms with Gasteiger partial charge in [0.2, 0.25) is 0 Å². The lowest BCUT2D eigenvalue weighted by Crippen LogP contribution is -2.43. The third-order valence-electron chi connectivity index (χ3n) is 5.64. The number of urea groups is 1. The van der Waals surface area contributed by atoms with Gasteiger partial charge in [0.05, 0.1) is 18.6 Å². The van der Waals surface area contributed by atoms with E-state index in [-0.39, 0.29) is 12.1 Å². The Morgan fingerprint density at radius 3 is 2.56 bits per heavy atom. The molecule has 1 aliphatic rings. The molecule has 0 radical (unpaired) electrons. The van der Waals surface area contributed by atoms with Gasteiger partial charge in [-0.3, -0.25) is 0 Å². The SMILES string of the molecule is CC(C)CCOC1CCN(C(=O)Nc2ccccc2COc2ccc(CC#N)cc2)CC1. The third-order valence-corrected chi connectivity index (χ3v) is 5.64. The zero-order chi connectivity index (χ0) is 22.8. The molecule has 0 aliphatic carbocycles. The number of nitrogens with one attached hydrogen (secondary N) is 1. The summed E-state index contributed by atoms with van der Waals surface area (Å²) in [4.78, 5) is 14.7. The van der Waals surface area contributed by atoms with E-state index in [1.807, 2.05) is 53.4 Å². The Morgan fingerprint density at radius 1 is 1.16 bits per heavy atom. The number of amides is 2. The molecule has 0 aromatic heterocycles. The second-order valence-electron chi connectivity index (χ2n) is 8.59. The molecule has 6 nitrogen and oxygen atoms in total. The highest BCUT2D eigenvalue weighted by atomic mass is 16.5. The molecule has 1 fully saturated rings. The van der Waals surface area contributed by atoms with Crippen LogP contribution in [0.1, 0.15) is 44.2 Å². The normalized spacial score (nSPS) is 14.2. The van der Waals surface area contributed by atoms with Gasteiger partial charge < -0.3 is 19.7 Å². The maximum Gasteiger partial charge on any atom is 0.321 e. The highest BCUT2D eigenvalue weighted by molar-refractivity contribution is 5.90. The molecule has 0 atom stereocenters. The third kappa shape index (κ3) is 7.28. The summed E-state index contributed by atoms with van der Waals surface area (Å²) in [6.07, 6.45) is 3.45. The van der Waals surface area contributed by atoms with E-state index in [1.54, 1.807) is 0 Å². The van der Waals surface area contributed by atoms with Crippen LogP contribution in [0.3, 0.4) is 0 Å². The molecule has 0 unspecified atom stereocenters. The molecular formula is C26H33N3O3. The number of nitriles is 1. The second kappa shape index (κ2) is 12.1. The predicted octanol–water partition coefficient (Wildman–Crippen LogP) is 5.39. The van der Waals surface area contributed by atoms with Crippen molar-refractivity contribution >= 4 is 11.7 Å². The minimum atomic E-state index is -0.0843. The van der Waals surface area contributed by atoms with Crippen LogP contribution in [0.2, 0.25) is 0 Å². The number of ether oxygens (including phenoxy) is 2. The molecule has 2 aromatic rings. The van der Waals surface area contributed by atoms with Crippen molar-refractivity contribution in [2.24, 2.45) is 5.92 Å². The Morgan fingerprint density at radius 2 is 1.88 bits per heavy atom. The van der Waals surface area contributed by atoms with Crippen molar-refractivity contribution in [2.45, 2.75) is 52.2 Å². The first-order valence-corrected chi connectivity index (χ1v) is 11.4. The molecule has 1 heterocycles. The van der Waals surface area contributed by atoms with Gasteiger partial charge in [0.25, 0.3) is 0 Å². The van der Waals surface area contributed by atoms with E-state index in [1.165, 1.54) is 0 Å². The van der Waals surface area contributed by atoms with Gasteiger partial charge in [0.1, 0.15) is 12.4 Å². The Kier molecular flexibility index (Phi) is 8.94. The van der Waals surface area contributed by atoms with E-state index in [9.17, 15) is 4.79 Å². The molecule has 6 heteroatoms. The lowest BCUT2D eigenvalue weighted by Gasteiger charge is -2.32. The fraction of sp³-hybridized carbons (Fsp3) is 0.462. The number of piperidine rings is 1. The first-order chi connectivity index (χ1) is 15.5. The average Bonchev–Trinajstić information content (AvgIpc) is 2.80. The molecule has 2 amide bonds. The molecule has 0 bridgehead atoms. The summed E-state index contributed by atoms with van der Waals surface area (Å²) in [7, 11) is 0. The summed E-state index contributed by atoms with van der Waals surface area (Å²) in [6.45, 7) is 6.94. The van der Waals surface area contributed by atoms with Crippen LogP contribution < -0.4 is 10.1 Å². The molecule has 3 rings (SSSR count). The first-order valence-electron chi connectivity index (χ1n) is 11.4. The monoisotopic (exact) mass is 435 g/mol. The van der Waals surface area contributed by atoms with Gasteiger partial charge in [-0.05, 0) is 48.9 Å². The Labute approximate surface area is 191 Å². The second-order valence-corrected chi connectivity index (χ2v) is 8.59. The van der Waals surface area contributed by atoms with E-state index in [0.717, 1.165) is 48.4 Å². The summed E-state index contributed by atoms with van der Waals surface area (Å²) in [5.74, 6) is 1.38. The van der Waals surface area contributed by atoms with Gasteiger partial charge in [-0.1, -0.05) is 44.2 Å². The molecule has 1 saturated heterocycles. The number of para-hydroxylation sites is 1. The number of likely N-dealkylation sites (tertiary alicyclic amines) is 1. The highest BCUT2D eigenvalue weighted by Gasteiger charge is 2.23. The average molecular weight is 436 g/mol. The minimum Gasteiger partial charge on any atom is -0.489 e. The van der Waals surface area contributed by atoms with Gasteiger partial charge in [-0.15, -0.1) is 0 Å². The van der Waals surface area contributed by atoms with Crippen LogP contribution in [0.4, 0.5) is 10.5 Å². The van der Waals surface area contributed by atoms with Crippen LogP contribution in [0.15, 0.2) is 48.5 Å². The summed E-state index contributed by atoms with van der Waals surface area (Å²) in [6, 6.07) is 17.3. The highest BCUT2D eigenvalue weighted by Crippen LogP contribution is 2.21. The Hall–Kier alpha value is -3.04. The topological polar surface area (TPSA) is 74.6 Å². The van der Waals surface area contributed by atoms with Crippen LogP contribution in [-0.2, 0) is 17.8 Å². The maximum absolute atomic E-state index is 12.8. The fourth-order valence-corrected chi connectivity index (χ4v) is 3.61. The van der Waals surface area contributed by atoms with Crippen LogP contribution >= 0.6 is 0 Å². The number of carbonyl (C=O) groups is 1. The number of carbonyl (C=O) groups excluding carboxylic acids is 1. The summed E-state index contributed by atoms with van der Waals surface area (Å²) >= 11 is 0. The van der Waals surface area contributed by atoms with Crippen molar-refractivity contribution < 1.29 is 14.3 Å². The fourth-order valence-electron chi connectivity index (χ4n) is 3.61. The van der Waals surface area contributed by atoms with Gasteiger partial charge in [-0.2, -0.15) is 5.26 Å². The van der Waals surface area contributed by atoms with Gasteiger partial charge >= 0.3 is 6.03 Å². The van der Waals surface area contributed by atoms with Crippen LogP contribution in [0.5, 0.6) is 5.75 Å². The lowest BCUT2D eigenvalue weighted by atomic mass is 10.1. The van der Waals surface area contributed by atoms with Crippen molar-refractivity contribution in [1.82, 2.24) is 4.90 Å². The van der Waals surface area contributed by atoms with Crippen LogP contribution in [0.25, 0.3) is 0 Å². The summed E-state index contributed by atoms with van der Waals surface area (Å²) in [5, 5.41) is 11.8. The van der Waals surface area contributed by atoms with Crippen LogP contribution in [-0.4, -0.2) is 36.7 Å².